The van der Waals surface area contributed by atoms with Crippen LogP contribution in [0.5, 0.6) is 5.75 Å². The molecule has 8 nitrogen and oxygen atoms in total. The number of nitrogens with one attached hydrogen (secondary N) is 1. The van der Waals surface area contributed by atoms with Crippen LogP contribution in [-0.4, -0.2) is 27.2 Å². The maximum absolute atomic E-state index is 12.2. The molecule has 1 aromatic carbocycles. The van der Waals surface area contributed by atoms with Crippen molar-refractivity contribution in [2.24, 2.45) is 0 Å². The fourth-order valence-corrected chi connectivity index (χ4v) is 2.60. The molecular formula is C15H15ClF2N4O4. The van der Waals surface area contributed by atoms with Gasteiger partial charge in [0, 0.05) is 12.1 Å². The Labute approximate surface area is 151 Å². The Kier molecular flexibility index (Phi) is 6.09. The highest BCUT2D eigenvalue weighted by Crippen LogP contribution is 2.29. The molecule has 2 rings (SSSR count). The van der Waals surface area contributed by atoms with E-state index in [4.69, 9.17) is 11.6 Å². The monoisotopic (exact) mass is 388 g/mol. The number of anilines is 1. The van der Waals surface area contributed by atoms with Crippen molar-refractivity contribution in [1.29, 1.82) is 0 Å². The summed E-state index contributed by atoms with van der Waals surface area (Å²) in [4.78, 5) is 22.5. The van der Waals surface area contributed by atoms with Gasteiger partial charge in [0.2, 0.25) is 5.91 Å². The van der Waals surface area contributed by atoms with Crippen LogP contribution in [0, 0.1) is 24.0 Å². The molecule has 0 spiro atoms. The summed E-state index contributed by atoms with van der Waals surface area (Å²) in [6, 6.07) is 3.87. The molecule has 1 heterocycles. The molecule has 0 radical (unpaired) electrons. The van der Waals surface area contributed by atoms with Gasteiger partial charge in [-0.25, -0.2) is 0 Å². The zero-order valence-electron chi connectivity index (χ0n) is 13.8. The lowest BCUT2D eigenvalue weighted by atomic mass is 10.3. The van der Waals surface area contributed by atoms with Gasteiger partial charge in [0.15, 0.2) is 0 Å². The minimum absolute atomic E-state index is 0.00597. The summed E-state index contributed by atoms with van der Waals surface area (Å²) in [5, 5.41) is 17.5. The first kappa shape index (κ1) is 19.6. The predicted molar refractivity (Wildman–Crippen MR) is 89.7 cm³/mol. The van der Waals surface area contributed by atoms with Crippen LogP contribution in [0.2, 0.25) is 5.02 Å². The van der Waals surface area contributed by atoms with E-state index in [0.717, 1.165) is 0 Å². The molecule has 0 fully saturated rings. The summed E-state index contributed by atoms with van der Waals surface area (Å²) in [5.74, 6) is -0.589. The zero-order chi connectivity index (χ0) is 19.4. The highest BCUT2D eigenvalue weighted by molar-refractivity contribution is 6.32. The lowest BCUT2D eigenvalue weighted by molar-refractivity contribution is -0.386. The number of aryl methyl sites for hydroxylation is 2. The van der Waals surface area contributed by atoms with Crippen LogP contribution in [0.25, 0.3) is 0 Å². The van der Waals surface area contributed by atoms with E-state index in [1.165, 1.54) is 29.8 Å². The number of hydrogen-bond acceptors (Lipinski definition) is 5. The van der Waals surface area contributed by atoms with Gasteiger partial charge in [-0.3, -0.25) is 19.6 Å². The highest BCUT2D eigenvalue weighted by atomic mass is 35.5. The van der Waals surface area contributed by atoms with Crippen molar-refractivity contribution < 1.29 is 23.2 Å². The average Bonchev–Trinajstić information content (AvgIpc) is 2.81. The first-order chi connectivity index (χ1) is 12.2. The molecule has 0 atom stereocenters. The van der Waals surface area contributed by atoms with Crippen LogP contribution in [0.3, 0.4) is 0 Å². The van der Waals surface area contributed by atoms with Gasteiger partial charge in [0.05, 0.1) is 16.5 Å². The summed E-state index contributed by atoms with van der Waals surface area (Å²) in [6.45, 7) is 0.217. The molecule has 0 aliphatic carbocycles. The second-order valence-electron chi connectivity index (χ2n) is 5.32. The molecule has 1 aromatic heterocycles. The number of carbonyl (C=O) groups is 1. The predicted octanol–water partition coefficient (Wildman–Crippen LogP) is 3.69. The number of nitro groups is 1. The van der Waals surface area contributed by atoms with Crippen molar-refractivity contribution in [2.75, 3.05) is 5.32 Å². The van der Waals surface area contributed by atoms with E-state index in [1.807, 2.05) is 0 Å². The molecule has 0 aliphatic rings. The van der Waals surface area contributed by atoms with Crippen molar-refractivity contribution in [3.8, 4) is 5.75 Å². The lowest BCUT2D eigenvalue weighted by Crippen LogP contribution is -2.15. The van der Waals surface area contributed by atoms with Gasteiger partial charge < -0.3 is 10.1 Å². The Morgan fingerprint density at radius 2 is 2.15 bits per heavy atom. The minimum atomic E-state index is -3.00. The number of benzene rings is 1. The molecule has 26 heavy (non-hydrogen) atoms. The standard InChI is InChI=1S/C15H15ClF2N4O4/c1-8-14(22(24)25)9(2)21(20-8)6-5-13(23)19-10-3-4-12(11(16)7-10)26-15(17)18/h3-4,7,15H,5-6H2,1-2H3,(H,19,23). The summed E-state index contributed by atoms with van der Waals surface area (Å²) in [6.07, 6.45) is 0.00597. The van der Waals surface area contributed by atoms with E-state index >= 15 is 0 Å². The summed E-state index contributed by atoms with van der Waals surface area (Å²) in [5.41, 5.74) is 0.860. The Bertz CT molecular complexity index is 841. The van der Waals surface area contributed by atoms with E-state index in [1.54, 1.807) is 6.92 Å². The van der Waals surface area contributed by atoms with Gasteiger partial charge in [-0.2, -0.15) is 13.9 Å². The third-order valence-corrected chi connectivity index (χ3v) is 3.80. The van der Waals surface area contributed by atoms with Crippen LogP contribution < -0.4 is 10.1 Å². The smallest absolute Gasteiger partial charge is 0.387 e. The molecule has 0 aliphatic heterocycles. The number of alkyl halides is 2. The van der Waals surface area contributed by atoms with Crippen molar-refractivity contribution in [3.05, 3.63) is 44.7 Å². The molecule has 11 heteroatoms. The third-order valence-electron chi connectivity index (χ3n) is 3.51. The van der Waals surface area contributed by atoms with Crippen LogP contribution in [0.4, 0.5) is 20.2 Å². The van der Waals surface area contributed by atoms with Gasteiger partial charge in [0.25, 0.3) is 0 Å². The summed E-state index contributed by atoms with van der Waals surface area (Å²) >= 11 is 5.81. The van der Waals surface area contributed by atoms with E-state index < -0.39 is 11.5 Å². The molecule has 0 bridgehead atoms. The van der Waals surface area contributed by atoms with Crippen LogP contribution >= 0.6 is 11.6 Å². The fourth-order valence-electron chi connectivity index (χ4n) is 2.37. The van der Waals surface area contributed by atoms with Gasteiger partial charge in [-0.15, -0.1) is 0 Å². The van der Waals surface area contributed by atoms with Crippen molar-refractivity contribution in [3.63, 3.8) is 0 Å². The number of aromatic nitrogens is 2. The third kappa shape index (κ3) is 4.66. The Hall–Kier alpha value is -2.75. The Morgan fingerprint density at radius 3 is 2.69 bits per heavy atom. The van der Waals surface area contributed by atoms with E-state index in [0.29, 0.717) is 11.4 Å². The number of amides is 1. The van der Waals surface area contributed by atoms with E-state index in [2.05, 4.69) is 15.2 Å². The van der Waals surface area contributed by atoms with Crippen molar-refractivity contribution in [1.82, 2.24) is 9.78 Å². The molecule has 0 unspecified atom stereocenters. The molecule has 1 N–H and O–H groups in total. The van der Waals surface area contributed by atoms with E-state index in [-0.39, 0.29) is 41.0 Å². The maximum Gasteiger partial charge on any atom is 0.387 e. The van der Waals surface area contributed by atoms with Crippen LogP contribution in [0.15, 0.2) is 18.2 Å². The average molecular weight is 389 g/mol. The molecule has 1 amide bonds. The summed E-state index contributed by atoms with van der Waals surface area (Å²) in [7, 11) is 0. The number of nitrogens with zero attached hydrogens (tertiary/aromatic N) is 3. The first-order valence-electron chi connectivity index (χ1n) is 7.41. The molecular weight excluding hydrogens is 374 g/mol. The minimum Gasteiger partial charge on any atom is -0.433 e. The topological polar surface area (TPSA) is 99.3 Å². The van der Waals surface area contributed by atoms with Crippen LogP contribution in [-0.2, 0) is 11.3 Å². The highest BCUT2D eigenvalue weighted by Gasteiger charge is 2.21. The second kappa shape index (κ2) is 8.09. The molecule has 140 valence electrons. The van der Waals surface area contributed by atoms with Gasteiger partial charge in [-0.05, 0) is 32.0 Å². The largest absolute Gasteiger partial charge is 0.433 e. The maximum atomic E-state index is 12.2. The summed E-state index contributed by atoms with van der Waals surface area (Å²) < 4.78 is 30.0. The second-order valence-corrected chi connectivity index (χ2v) is 5.73. The molecule has 0 saturated heterocycles. The number of hydrogen-bond donors (Lipinski definition) is 1. The van der Waals surface area contributed by atoms with Gasteiger partial charge >= 0.3 is 12.3 Å². The Balaban J connectivity index is 1.98. The normalized spacial score (nSPS) is 10.8. The number of rotatable bonds is 7. The van der Waals surface area contributed by atoms with Crippen LogP contribution in [0.1, 0.15) is 17.8 Å². The number of ether oxygens (including phenoxy) is 1. The number of halogens is 3. The van der Waals surface area contributed by atoms with Crippen molar-refractivity contribution >= 4 is 28.9 Å². The van der Waals surface area contributed by atoms with E-state index in [9.17, 15) is 23.7 Å². The SMILES string of the molecule is Cc1nn(CCC(=O)Nc2ccc(OC(F)F)c(Cl)c2)c(C)c1[N+](=O)[O-]. The fraction of sp³-hybridized carbons (Fsp3) is 0.333. The Morgan fingerprint density at radius 1 is 1.46 bits per heavy atom. The zero-order valence-corrected chi connectivity index (χ0v) is 14.6. The molecule has 2 aromatic rings. The van der Waals surface area contributed by atoms with Gasteiger partial charge in [0.1, 0.15) is 17.1 Å². The quantitative estimate of drug-likeness (QED) is 0.576. The van der Waals surface area contributed by atoms with Gasteiger partial charge in [-0.1, -0.05) is 11.6 Å². The number of carbonyl (C=O) groups excluding carboxylic acids is 1. The molecule has 0 saturated carbocycles. The lowest BCUT2D eigenvalue weighted by Gasteiger charge is -2.10. The van der Waals surface area contributed by atoms with Crippen molar-refractivity contribution in [2.45, 2.75) is 33.4 Å². The first-order valence-corrected chi connectivity index (χ1v) is 7.79.